The first-order valence-corrected chi connectivity index (χ1v) is 8.73. The highest BCUT2D eigenvalue weighted by atomic mass is 19.4. The molecule has 3 aromatic rings. The lowest BCUT2D eigenvalue weighted by molar-refractivity contribution is -0.164. The van der Waals surface area contributed by atoms with Gasteiger partial charge in [-0.15, -0.1) is 0 Å². The van der Waals surface area contributed by atoms with Crippen LogP contribution in [0.15, 0.2) is 54.7 Å². The first kappa shape index (κ1) is 20.7. The predicted molar refractivity (Wildman–Crippen MR) is 99.2 cm³/mol. The molecule has 0 saturated heterocycles. The molecule has 1 aromatic heterocycles. The van der Waals surface area contributed by atoms with Crippen LogP contribution in [0.4, 0.5) is 27.6 Å². The number of hydrogen-bond donors (Lipinski definition) is 1. The molecule has 3 nitrogen and oxygen atoms in total. The Morgan fingerprint density at radius 3 is 2.41 bits per heavy atom. The molecule has 0 bridgehead atoms. The third kappa shape index (κ3) is 4.88. The molecule has 1 N–H and O–H groups in total. The van der Waals surface area contributed by atoms with Crippen LogP contribution in [0.3, 0.4) is 0 Å². The van der Waals surface area contributed by atoms with Gasteiger partial charge >= 0.3 is 6.18 Å². The van der Waals surface area contributed by atoms with Gasteiger partial charge < -0.3 is 5.32 Å². The largest absolute Gasteiger partial charge is 0.390 e. The summed E-state index contributed by atoms with van der Waals surface area (Å²) in [5.74, 6) is -3.05. The van der Waals surface area contributed by atoms with Gasteiger partial charge in [0, 0.05) is 5.39 Å². The lowest BCUT2D eigenvalue weighted by Crippen LogP contribution is -2.39. The van der Waals surface area contributed by atoms with Crippen molar-refractivity contribution in [2.75, 3.05) is 5.32 Å². The summed E-state index contributed by atoms with van der Waals surface area (Å²) in [6, 6.07) is 11.9. The van der Waals surface area contributed by atoms with Crippen molar-refractivity contribution in [1.82, 2.24) is 4.98 Å². The maximum absolute atomic E-state index is 13.8. The van der Waals surface area contributed by atoms with E-state index in [2.05, 4.69) is 10.3 Å². The van der Waals surface area contributed by atoms with Crippen molar-refractivity contribution in [3.63, 3.8) is 0 Å². The summed E-state index contributed by atoms with van der Waals surface area (Å²) in [5.41, 5.74) is -1.33. The van der Waals surface area contributed by atoms with Gasteiger partial charge in [0.05, 0.1) is 23.7 Å². The number of aromatic nitrogens is 1. The molecule has 3 rings (SSSR count). The number of rotatable bonds is 5. The lowest BCUT2D eigenvalue weighted by atomic mass is 9.79. The van der Waals surface area contributed by atoms with Gasteiger partial charge in [0.1, 0.15) is 5.52 Å². The van der Waals surface area contributed by atoms with E-state index in [0.717, 1.165) is 12.3 Å². The molecule has 0 aliphatic rings. The summed E-state index contributed by atoms with van der Waals surface area (Å²) in [4.78, 5) is 16.6. The molecule has 8 heteroatoms. The quantitative estimate of drug-likeness (QED) is 0.554. The van der Waals surface area contributed by atoms with E-state index in [1.54, 1.807) is 30.3 Å². The molecule has 152 valence electrons. The Kier molecular flexibility index (Phi) is 5.55. The Morgan fingerprint density at radius 1 is 1.07 bits per heavy atom. The van der Waals surface area contributed by atoms with Crippen LogP contribution < -0.4 is 5.32 Å². The van der Waals surface area contributed by atoms with Gasteiger partial charge in [0.15, 0.2) is 11.6 Å². The van der Waals surface area contributed by atoms with Crippen LogP contribution in [-0.2, 0) is 11.2 Å². The fourth-order valence-corrected chi connectivity index (χ4v) is 3.20. The second-order valence-corrected chi connectivity index (χ2v) is 7.13. The lowest BCUT2D eigenvalue weighted by Gasteiger charge is -2.29. The van der Waals surface area contributed by atoms with Crippen LogP contribution >= 0.6 is 0 Å². The minimum absolute atomic E-state index is 0.0926. The number of alkyl halides is 3. The molecule has 0 radical (unpaired) electrons. The van der Waals surface area contributed by atoms with Crippen molar-refractivity contribution in [3.05, 3.63) is 71.9 Å². The fraction of sp³-hybridized carbons (Fsp3) is 0.238. The topological polar surface area (TPSA) is 42.0 Å². The van der Waals surface area contributed by atoms with E-state index in [0.29, 0.717) is 5.56 Å². The van der Waals surface area contributed by atoms with E-state index in [1.165, 1.54) is 19.1 Å². The van der Waals surface area contributed by atoms with E-state index in [9.17, 15) is 26.7 Å². The Bertz CT molecular complexity index is 1040. The van der Waals surface area contributed by atoms with Gasteiger partial charge in [0.2, 0.25) is 5.91 Å². The summed E-state index contributed by atoms with van der Waals surface area (Å²) in [6.45, 7) is 1.24. The van der Waals surface area contributed by atoms with Crippen LogP contribution in [0.5, 0.6) is 0 Å². The van der Waals surface area contributed by atoms with E-state index >= 15 is 0 Å². The van der Waals surface area contributed by atoms with Gasteiger partial charge in [-0.05, 0) is 30.2 Å². The van der Waals surface area contributed by atoms with Crippen LogP contribution in [0.25, 0.3) is 10.9 Å². The molecule has 0 saturated carbocycles. The van der Waals surface area contributed by atoms with E-state index in [4.69, 9.17) is 0 Å². The molecule has 0 aliphatic heterocycles. The van der Waals surface area contributed by atoms with E-state index < -0.39 is 35.6 Å². The summed E-state index contributed by atoms with van der Waals surface area (Å²) < 4.78 is 66.6. The Hall–Kier alpha value is -3.03. The standard InChI is InChI=1S/C21H17F5N2O/c1-20(12-21(24,25)26,10-13-5-3-2-4-6-13)19(29)28-15-9-14-7-8-16(22)17(23)18(14)27-11-15/h2-9,11H,10,12H2,1H3,(H,28,29). The van der Waals surface area contributed by atoms with Crippen molar-refractivity contribution in [3.8, 4) is 0 Å². The van der Waals surface area contributed by atoms with Crippen LogP contribution in [0, 0.1) is 17.0 Å². The molecule has 1 atom stereocenters. The number of pyridine rings is 1. The molecule has 1 heterocycles. The molecule has 1 unspecified atom stereocenters. The van der Waals surface area contributed by atoms with Crippen LogP contribution in [-0.4, -0.2) is 17.1 Å². The molecular weight excluding hydrogens is 391 g/mol. The molecule has 1 amide bonds. The van der Waals surface area contributed by atoms with Crippen molar-refractivity contribution < 1.29 is 26.7 Å². The zero-order valence-electron chi connectivity index (χ0n) is 15.4. The first-order valence-electron chi connectivity index (χ1n) is 8.73. The molecule has 0 aliphatic carbocycles. The number of fused-ring (bicyclic) bond motifs is 1. The maximum atomic E-state index is 13.8. The number of benzene rings is 2. The number of anilines is 1. The van der Waals surface area contributed by atoms with Gasteiger partial charge in [-0.3, -0.25) is 9.78 Å². The zero-order valence-corrected chi connectivity index (χ0v) is 15.4. The second-order valence-electron chi connectivity index (χ2n) is 7.13. The monoisotopic (exact) mass is 408 g/mol. The highest BCUT2D eigenvalue weighted by molar-refractivity contribution is 5.96. The number of hydrogen-bond acceptors (Lipinski definition) is 2. The molecular formula is C21H17F5N2O. The predicted octanol–water partition coefficient (Wildman–Crippen LogP) is 5.65. The number of carbonyl (C=O) groups excluding carboxylic acids is 1. The van der Waals surface area contributed by atoms with Gasteiger partial charge in [-0.1, -0.05) is 37.3 Å². The number of nitrogens with zero attached hydrogens (tertiary/aromatic N) is 1. The Morgan fingerprint density at radius 2 is 1.76 bits per heavy atom. The smallest absolute Gasteiger partial charge is 0.324 e. The molecule has 0 fully saturated rings. The van der Waals surface area contributed by atoms with Crippen molar-refractivity contribution in [2.45, 2.75) is 25.9 Å². The van der Waals surface area contributed by atoms with E-state index in [-0.39, 0.29) is 23.0 Å². The number of nitrogens with one attached hydrogen (secondary N) is 1. The van der Waals surface area contributed by atoms with Crippen LogP contribution in [0.2, 0.25) is 0 Å². The van der Waals surface area contributed by atoms with Crippen molar-refractivity contribution in [1.29, 1.82) is 0 Å². The van der Waals surface area contributed by atoms with Gasteiger partial charge in [-0.2, -0.15) is 13.2 Å². The number of amides is 1. The molecule has 2 aromatic carbocycles. The third-order valence-corrected chi connectivity index (χ3v) is 4.58. The maximum Gasteiger partial charge on any atom is 0.390 e. The molecule has 0 spiro atoms. The summed E-state index contributed by atoms with van der Waals surface area (Å²) in [7, 11) is 0. The van der Waals surface area contributed by atoms with Crippen molar-refractivity contribution >= 4 is 22.5 Å². The average molecular weight is 408 g/mol. The zero-order chi connectivity index (χ0) is 21.2. The number of carbonyl (C=O) groups is 1. The summed E-state index contributed by atoms with van der Waals surface area (Å²) in [5, 5.41) is 2.64. The normalized spacial score (nSPS) is 13.9. The summed E-state index contributed by atoms with van der Waals surface area (Å²) >= 11 is 0. The van der Waals surface area contributed by atoms with Crippen molar-refractivity contribution in [2.24, 2.45) is 5.41 Å². The fourth-order valence-electron chi connectivity index (χ4n) is 3.20. The minimum Gasteiger partial charge on any atom is -0.324 e. The first-order chi connectivity index (χ1) is 13.6. The summed E-state index contributed by atoms with van der Waals surface area (Å²) in [6.07, 6.45) is -4.91. The highest BCUT2D eigenvalue weighted by Crippen LogP contribution is 2.37. The van der Waals surface area contributed by atoms with Gasteiger partial charge in [0.25, 0.3) is 0 Å². The third-order valence-electron chi connectivity index (χ3n) is 4.58. The Balaban J connectivity index is 1.89. The molecule has 29 heavy (non-hydrogen) atoms. The average Bonchev–Trinajstić information content (AvgIpc) is 2.64. The minimum atomic E-state index is -4.55. The van der Waals surface area contributed by atoms with Gasteiger partial charge in [-0.25, -0.2) is 8.78 Å². The number of halogens is 5. The second kappa shape index (κ2) is 7.77. The highest BCUT2D eigenvalue weighted by Gasteiger charge is 2.44. The van der Waals surface area contributed by atoms with E-state index in [1.807, 2.05) is 0 Å². The van der Waals surface area contributed by atoms with Crippen LogP contribution in [0.1, 0.15) is 18.9 Å². The Labute approximate surface area is 163 Å². The SMILES string of the molecule is CC(Cc1ccccc1)(CC(F)(F)F)C(=O)Nc1cnc2c(F)c(F)ccc2c1.